The SMILES string of the molecule is CC/C=C\C/C=C\C/C=C\C/C=C\C/C=C\CCC(=O)OCC(COC(=O)CCCCC/C=C\CCCCCCCCC)OC(=O)CCCCCCCCCCCCCCCCC. The number of ether oxygens (including phenoxy) is 3. The molecule has 0 aliphatic rings. The average molecular weight is 879 g/mol. The molecule has 0 aliphatic carbocycles. The topological polar surface area (TPSA) is 78.9 Å². The maximum absolute atomic E-state index is 12.8. The highest BCUT2D eigenvalue weighted by Crippen LogP contribution is 2.15. The monoisotopic (exact) mass is 879 g/mol. The summed E-state index contributed by atoms with van der Waals surface area (Å²) in [6.07, 6.45) is 64.7. The highest BCUT2D eigenvalue weighted by molar-refractivity contribution is 5.71. The van der Waals surface area contributed by atoms with Gasteiger partial charge in [0.25, 0.3) is 0 Å². The highest BCUT2D eigenvalue weighted by atomic mass is 16.6. The van der Waals surface area contributed by atoms with E-state index in [1.165, 1.54) is 122 Å². The molecule has 0 saturated heterocycles. The van der Waals surface area contributed by atoms with E-state index < -0.39 is 6.10 Å². The third-order valence-electron chi connectivity index (χ3n) is 11.2. The first-order valence-corrected chi connectivity index (χ1v) is 26.4. The molecule has 1 unspecified atom stereocenters. The van der Waals surface area contributed by atoms with Crippen LogP contribution in [0.1, 0.15) is 252 Å². The molecular formula is C57H98O6. The normalized spacial score (nSPS) is 12.6. The molecule has 6 heteroatoms. The standard InChI is InChI=1S/C57H98O6/c1-4-7-10-13-16-19-22-25-28-30-32-35-38-41-44-47-50-56(59)62-53-54(52-61-55(58)49-46-43-40-37-34-31-27-24-21-18-15-12-9-6-3)63-57(60)51-48-45-42-39-36-33-29-26-23-20-17-14-11-8-5-2/h7,10,16,19,25,28,31-32,34-35,41,44,54H,4-6,8-9,11-15,17-18,20-24,26-27,29-30,33,36-40,42-43,45-53H2,1-3H3/b10-7-,19-16-,28-25-,34-31-,35-32-,44-41-. The first-order chi connectivity index (χ1) is 31.0. The largest absolute Gasteiger partial charge is 0.462 e. The van der Waals surface area contributed by atoms with Crippen molar-refractivity contribution in [1.29, 1.82) is 0 Å². The summed E-state index contributed by atoms with van der Waals surface area (Å²) in [6.45, 7) is 6.45. The number of esters is 3. The number of carbonyl (C=O) groups is 3. The van der Waals surface area contributed by atoms with E-state index in [4.69, 9.17) is 14.2 Å². The van der Waals surface area contributed by atoms with E-state index in [1.54, 1.807) is 0 Å². The number of unbranched alkanes of at least 4 members (excludes halogenated alkanes) is 24. The van der Waals surface area contributed by atoms with Crippen molar-refractivity contribution < 1.29 is 28.6 Å². The third-order valence-corrected chi connectivity index (χ3v) is 11.2. The van der Waals surface area contributed by atoms with Gasteiger partial charge in [-0.3, -0.25) is 14.4 Å². The maximum Gasteiger partial charge on any atom is 0.306 e. The lowest BCUT2D eigenvalue weighted by Gasteiger charge is -2.18. The number of rotatable bonds is 47. The van der Waals surface area contributed by atoms with Crippen LogP contribution >= 0.6 is 0 Å². The molecule has 1 atom stereocenters. The Morgan fingerprint density at radius 1 is 0.333 bits per heavy atom. The number of allylic oxidation sites excluding steroid dienone is 12. The zero-order chi connectivity index (χ0) is 45.8. The Morgan fingerprint density at radius 2 is 0.651 bits per heavy atom. The molecule has 0 aromatic heterocycles. The summed E-state index contributed by atoms with van der Waals surface area (Å²) in [5.74, 6) is -1.000. The highest BCUT2D eigenvalue weighted by Gasteiger charge is 2.19. The van der Waals surface area contributed by atoms with Crippen molar-refractivity contribution in [2.75, 3.05) is 13.2 Å². The molecule has 0 spiro atoms. The van der Waals surface area contributed by atoms with Gasteiger partial charge in [-0.25, -0.2) is 0 Å². The molecule has 0 N–H and O–H groups in total. The van der Waals surface area contributed by atoms with E-state index in [9.17, 15) is 14.4 Å². The first-order valence-electron chi connectivity index (χ1n) is 26.4. The molecule has 0 saturated carbocycles. The van der Waals surface area contributed by atoms with Gasteiger partial charge in [0.05, 0.1) is 0 Å². The Kier molecular flexibility index (Phi) is 48.9. The van der Waals surface area contributed by atoms with Crippen LogP contribution in [-0.4, -0.2) is 37.2 Å². The lowest BCUT2D eigenvalue weighted by Crippen LogP contribution is -2.30. The molecule has 0 aromatic rings. The smallest absolute Gasteiger partial charge is 0.306 e. The molecule has 0 radical (unpaired) electrons. The Balaban J connectivity index is 4.49. The minimum Gasteiger partial charge on any atom is -0.462 e. The van der Waals surface area contributed by atoms with E-state index in [1.807, 2.05) is 6.08 Å². The van der Waals surface area contributed by atoms with Crippen LogP contribution in [0.4, 0.5) is 0 Å². The zero-order valence-corrected chi connectivity index (χ0v) is 41.3. The fourth-order valence-corrected chi connectivity index (χ4v) is 7.25. The van der Waals surface area contributed by atoms with Crippen LogP contribution < -0.4 is 0 Å². The molecule has 0 aliphatic heterocycles. The maximum atomic E-state index is 12.8. The minimum absolute atomic E-state index is 0.104. The van der Waals surface area contributed by atoms with E-state index >= 15 is 0 Å². The quantitative estimate of drug-likeness (QED) is 0.0262. The van der Waals surface area contributed by atoms with Crippen LogP contribution in [0.5, 0.6) is 0 Å². The molecule has 6 nitrogen and oxygen atoms in total. The summed E-state index contributed by atoms with van der Waals surface area (Å²) >= 11 is 0. The Morgan fingerprint density at radius 3 is 1.08 bits per heavy atom. The average Bonchev–Trinajstić information content (AvgIpc) is 3.28. The molecule has 0 heterocycles. The molecule has 63 heavy (non-hydrogen) atoms. The summed E-state index contributed by atoms with van der Waals surface area (Å²) in [4.78, 5) is 38.0. The number of carbonyl (C=O) groups excluding carboxylic acids is 3. The van der Waals surface area contributed by atoms with Crippen LogP contribution in [-0.2, 0) is 28.6 Å². The lowest BCUT2D eigenvalue weighted by molar-refractivity contribution is -0.166. The van der Waals surface area contributed by atoms with Crippen molar-refractivity contribution in [1.82, 2.24) is 0 Å². The molecule has 0 rings (SSSR count). The molecule has 0 aromatic carbocycles. The van der Waals surface area contributed by atoms with Gasteiger partial charge >= 0.3 is 17.9 Å². The summed E-state index contributed by atoms with van der Waals surface area (Å²) in [7, 11) is 0. The van der Waals surface area contributed by atoms with Gasteiger partial charge in [-0.15, -0.1) is 0 Å². The van der Waals surface area contributed by atoms with Gasteiger partial charge < -0.3 is 14.2 Å². The van der Waals surface area contributed by atoms with E-state index in [0.29, 0.717) is 19.3 Å². The van der Waals surface area contributed by atoms with Gasteiger partial charge in [-0.05, 0) is 77.0 Å². The number of hydrogen-bond donors (Lipinski definition) is 0. The van der Waals surface area contributed by atoms with Crippen molar-refractivity contribution in [3.05, 3.63) is 72.9 Å². The van der Waals surface area contributed by atoms with Gasteiger partial charge in [0.15, 0.2) is 6.10 Å². The van der Waals surface area contributed by atoms with Gasteiger partial charge in [0.1, 0.15) is 13.2 Å². The summed E-state index contributed by atoms with van der Waals surface area (Å²) in [5.41, 5.74) is 0. The van der Waals surface area contributed by atoms with Crippen LogP contribution in [0.15, 0.2) is 72.9 Å². The zero-order valence-electron chi connectivity index (χ0n) is 41.3. The van der Waals surface area contributed by atoms with Crippen molar-refractivity contribution in [2.45, 2.75) is 258 Å². The van der Waals surface area contributed by atoms with E-state index in [2.05, 4.69) is 87.6 Å². The van der Waals surface area contributed by atoms with Crippen molar-refractivity contribution >= 4 is 17.9 Å². The second-order valence-electron chi connectivity index (χ2n) is 17.4. The predicted molar refractivity (Wildman–Crippen MR) is 270 cm³/mol. The van der Waals surface area contributed by atoms with E-state index in [0.717, 1.165) is 83.5 Å². The summed E-state index contributed by atoms with van der Waals surface area (Å²) in [6, 6.07) is 0. The Hall–Kier alpha value is -3.15. The second kappa shape index (κ2) is 51.5. The van der Waals surface area contributed by atoms with Gasteiger partial charge in [0.2, 0.25) is 0 Å². The molecular weight excluding hydrogens is 781 g/mol. The van der Waals surface area contributed by atoms with E-state index in [-0.39, 0.29) is 37.5 Å². The summed E-state index contributed by atoms with van der Waals surface area (Å²) in [5, 5.41) is 0. The minimum atomic E-state index is -0.808. The van der Waals surface area contributed by atoms with Gasteiger partial charge in [-0.1, -0.05) is 229 Å². The fraction of sp³-hybridized carbons (Fsp3) is 0.737. The molecule has 0 bridgehead atoms. The Bertz CT molecular complexity index is 1190. The fourth-order valence-electron chi connectivity index (χ4n) is 7.25. The van der Waals surface area contributed by atoms with Gasteiger partial charge in [-0.2, -0.15) is 0 Å². The molecule has 362 valence electrons. The second-order valence-corrected chi connectivity index (χ2v) is 17.4. The lowest BCUT2D eigenvalue weighted by atomic mass is 10.0. The van der Waals surface area contributed by atoms with Crippen molar-refractivity contribution in [2.24, 2.45) is 0 Å². The van der Waals surface area contributed by atoms with Crippen molar-refractivity contribution in [3.63, 3.8) is 0 Å². The van der Waals surface area contributed by atoms with Gasteiger partial charge in [0, 0.05) is 19.3 Å². The van der Waals surface area contributed by atoms with Crippen LogP contribution in [0.2, 0.25) is 0 Å². The summed E-state index contributed by atoms with van der Waals surface area (Å²) < 4.78 is 16.7. The van der Waals surface area contributed by atoms with Crippen LogP contribution in [0.25, 0.3) is 0 Å². The molecule has 0 amide bonds. The number of hydrogen-bond acceptors (Lipinski definition) is 6. The van der Waals surface area contributed by atoms with Crippen molar-refractivity contribution in [3.8, 4) is 0 Å². The Labute approximate surface area is 389 Å². The first kappa shape index (κ1) is 59.9. The molecule has 0 fully saturated rings. The predicted octanol–water partition coefficient (Wildman–Crippen LogP) is 17.4. The third kappa shape index (κ3) is 49.7. The van der Waals surface area contributed by atoms with Crippen LogP contribution in [0, 0.1) is 0 Å². The van der Waals surface area contributed by atoms with Crippen LogP contribution in [0.3, 0.4) is 0 Å².